The lowest BCUT2D eigenvalue weighted by Gasteiger charge is -2.27. The molecule has 1 aliphatic rings. The molecule has 1 aliphatic heterocycles. The van der Waals surface area contributed by atoms with E-state index in [4.69, 9.17) is 5.11 Å². The number of carbonyl (C=O) groups is 2. The number of carboxylic acid groups (broad SMARTS) is 1. The van der Waals surface area contributed by atoms with Gasteiger partial charge in [0, 0.05) is 0 Å². The summed E-state index contributed by atoms with van der Waals surface area (Å²) in [6.45, 7) is 2.45. The van der Waals surface area contributed by atoms with E-state index in [1.807, 2.05) is 0 Å². The zero-order valence-corrected chi connectivity index (χ0v) is 10.9. The molecule has 0 unspecified atom stereocenters. The summed E-state index contributed by atoms with van der Waals surface area (Å²) < 4.78 is 27.4. The van der Waals surface area contributed by atoms with Gasteiger partial charge in [-0.1, -0.05) is 12.7 Å². The van der Waals surface area contributed by atoms with Gasteiger partial charge in [0.15, 0.2) is 9.84 Å². The molecule has 8 nitrogen and oxygen atoms in total. The van der Waals surface area contributed by atoms with E-state index in [2.05, 4.69) is 11.3 Å². The third-order valence-electron chi connectivity index (χ3n) is 2.56. The largest absolute Gasteiger partial charge is 0.480 e. The van der Waals surface area contributed by atoms with E-state index in [1.165, 1.54) is 6.08 Å². The van der Waals surface area contributed by atoms with Crippen molar-refractivity contribution in [2.24, 2.45) is 0 Å². The maximum Gasteiger partial charge on any atom is 0.410 e. The van der Waals surface area contributed by atoms with Crippen LogP contribution in [0.3, 0.4) is 0 Å². The molecule has 0 aromatic rings. The first-order valence-electron chi connectivity index (χ1n) is 5.41. The highest BCUT2D eigenvalue weighted by Crippen LogP contribution is 2.19. The van der Waals surface area contributed by atoms with Gasteiger partial charge in [-0.05, 0) is 0 Å². The number of nitrogens with zero attached hydrogens (tertiary/aromatic N) is 1. The standard InChI is InChI=1S/C10H15NO7S/c1-2-3-18-10(15)11(4-9(13)14)7-5-19(16,17)6-8(7)12/h2,7-8,12H,1,3-6H2,(H,13,14)/t7-,8-/m1/s1. The quantitative estimate of drug-likeness (QED) is 0.614. The lowest BCUT2D eigenvalue weighted by atomic mass is 10.2. The lowest BCUT2D eigenvalue weighted by molar-refractivity contribution is -0.138. The van der Waals surface area contributed by atoms with E-state index in [-0.39, 0.29) is 6.61 Å². The predicted molar refractivity (Wildman–Crippen MR) is 64.3 cm³/mol. The molecule has 0 spiro atoms. The van der Waals surface area contributed by atoms with Gasteiger partial charge >= 0.3 is 12.1 Å². The number of hydrogen-bond acceptors (Lipinski definition) is 6. The number of ether oxygens (including phenoxy) is 1. The Morgan fingerprint density at radius 2 is 2.05 bits per heavy atom. The molecule has 1 heterocycles. The van der Waals surface area contributed by atoms with Crippen LogP contribution < -0.4 is 0 Å². The average Bonchev–Trinajstić information content (AvgIpc) is 2.56. The van der Waals surface area contributed by atoms with Gasteiger partial charge in [-0.2, -0.15) is 0 Å². The first kappa shape index (κ1) is 15.4. The minimum absolute atomic E-state index is 0.134. The predicted octanol–water partition coefficient (Wildman–Crippen LogP) is -1.15. The minimum atomic E-state index is -3.49. The van der Waals surface area contributed by atoms with Gasteiger partial charge in [-0.15, -0.1) is 0 Å². The number of amides is 1. The number of rotatable bonds is 5. The molecule has 0 radical (unpaired) electrons. The smallest absolute Gasteiger partial charge is 0.410 e. The molecule has 19 heavy (non-hydrogen) atoms. The van der Waals surface area contributed by atoms with Crippen molar-refractivity contribution in [2.45, 2.75) is 12.1 Å². The molecule has 2 N–H and O–H groups in total. The topological polar surface area (TPSA) is 121 Å². The van der Waals surface area contributed by atoms with Crippen LogP contribution in [-0.2, 0) is 19.4 Å². The highest BCUT2D eigenvalue weighted by molar-refractivity contribution is 7.91. The molecule has 1 fully saturated rings. The number of aliphatic hydroxyl groups is 1. The van der Waals surface area contributed by atoms with Gasteiger partial charge in [0.25, 0.3) is 0 Å². The van der Waals surface area contributed by atoms with Crippen molar-refractivity contribution in [1.29, 1.82) is 0 Å². The second kappa shape index (κ2) is 6.02. The summed E-state index contributed by atoms with van der Waals surface area (Å²) in [5.74, 6) is -2.31. The Morgan fingerprint density at radius 3 is 2.47 bits per heavy atom. The zero-order chi connectivity index (χ0) is 14.6. The summed E-state index contributed by atoms with van der Waals surface area (Å²) in [6, 6.07) is -1.11. The van der Waals surface area contributed by atoms with Crippen molar-refractivity contribution in [3.8, 4) is 0 Å². The molecule has 0 bridgehead atoms. The van der Waals surface area contributed by atoms with Crippen molar-refractivity contribution in [1.82, 2.24) is 4.90 Å². The summed E-state index contributed by atoms with van der Waals surface area (Å²) in [7, 11) is -3.49. The molecular weight excluding hydrogens is 278 g/mol. The molecule has 1 amide bonds. The van der Waals surface area contributed by atoms with Crippen LogP contribution in [0.1, 0.15) is 0 Å². The van der Waals surface area contributed by atoms with Crippen molar-refractivity contribution in [2.75, 3.05) is 24.7 Å². The summed E-state index contributed by atoms with van der Waals surface area (Å²) in [5, 5.41) is 18.4. The Bertz CT molecular complexity index is 472. The van der Waals surface area contributed by atoms with Crippen LogP contribution in [-0.4, -0.2) is 72.4 Å². The molecule has 2 atom stereocenters. The highest BCUT2D eigenvalue weighted by Gasteiger charge is 2.43. The van der Waals surface area contributed by atoms with E-state index < -0.39 is 52.1 Å². The first-order chi connectivity index (χ1) is 8.76. The number of hydrogen-bond donors (Lipinski definition) is 2. The van der Waals surface area contributed by atoms with Gasteiger partial charge in [0.05, 0.1) is 23.7 Å². The molecule has 108 valence electrons. The second-order valence-corrected chi connectivity index (χ2v) is 6.25. The maximum atomic E-state index is 11.7. The third kappa shape index (κ3) is 4.21. The monoisotopic (exact) mass is 293 g/mol. The number of sulfone groups is 1. The van der Waals surface area contributed by atoms with Crippen LogP contribution in [0.4, 0.5) is 4.79 Å². The molecular formula is C10H15NO7S. The number of aliphatic hydroxyl groups excluding tert-OH is 1. The van der Waals surface area contributed by atoms with Crippen molar-refractivity contribution < 1.29 is 33.0 Å². The van der Waals surface area contributed by atoms with Gasteiger partial charge in [-0.3, -0.25) is 9.69 Å². The number of aliphatic carboxylic acids is 1. The van der Waals surface area contributed by atoms with Gasteiger partial charge < -0.3 is 14.9 Å². The molecule has 9 heteroatoms. The summed E-state index contributed by atoms with van der Waals surface area (Å²) in [4.78, 5) is 23.1. The Balaban J connectivity index is 2.87. The number of carboxylic acids is 1. The van der Waals surface area contributed by atoms with E-state index in [1.54, 1.807) is 0 Å². The molecule has 0 saturated carbocycles. The van der Waals surface area contributed by atoms with E-state index in [9.17, 15) is 23.1 Å². The summed E-state index contributed by atoms with van der Waals surface area (Å²) >= 11 is 0. The van der Waals surface area contributed by atoms with Crippen LogP contribution in [0.5, 0.6) is 0 Å². The third-order valence-corrected chi connectivity index (χ3v) is 4.26. The second-order valence-electron chi connectivity index (χ2n) is 4.10. The van der Waals surface area contributed by atoms with Gasteiger partial charge in [-0.25, -0.2) is 13.2 Å². The van der Waals surface area contributed by atoms with Gasteiger partial charge in [0.2, 0.25) is 0 Å². The summed E-state index contributed by atoms with van der Waals surface area (Å²) in [5.41, 5.74) is 0. The van der Waals surface area contributed by atoms with E-state index >= 15 is 0 Å². The minimum Gasteiger partial charge on any atom is -0.480 e. The highest BCUT2D eigenvalue weighted by atomic mass is 32.2. The van der Waals surface area contributed by atoms with Crippen LogP contribution in [0.25, 0.3) is 0 Å². The van der Waals surface area contributed by atoms with E-state index in [0.717, 1.165) is 0 Å². The Morgan fingerprint density at radius 1 is 1.42 bits per heavy atom. The fourth-order valence-electron chi connectivity index (χ4n) is 1.78. The Kier molecular flexibility index (Phi) is 4.90. The van der Waals surface area contributed by atoms with Gasteiger partial charge in [0.1, 0.15) is 13.2 Å². The van der Waals surface area contributed by atoms with Crippen molar-refractivity contribution >= 4 is 21.9 Å². The van der Waals surface area contributed by atoms with Crippen LogP contribution in [0, 0.1) is 0 Å². The number of carbonyl (C=O) groups excluding carboxylic acids is 1. The summed E-state index contributed by atoms with van der Waals surface area (Å²) in [6.07, 6.45) is -1.03. The zero-order valence-electron chi connectivity index (χ0n) is 10.1. The SMILES string of the molecule is C=CCOC(=O)N(CC(=O)O)[C@@H]1CS(=O)(=O)C[C@H]1O. The normalized spacial score (nSPS) is 24.7. The van der Waals surface area contributed by atoms with E-state index in [0.29, 0.717) is 4.90 Å². The van der Waals surface area contributed by atoms with Crippen molar-refractivity contribution in [3.05, 3.63) is 12.7 Å². The van der Waals surface area contributed by atoms with Crippen molar-refractivity contribution in [3.63, 3.8) is 0 Å². The van der Waals surface area contributed by atoms with Crippen LogP contribution >= 0.6 is 0 Å². The fraction of sp³-hybridized carbons (Fsp3) is 0.600. The van der Waals surface area contributed by atoms with Crippen LogP contribution in [0.15, 0.2) is 12.7 Å². The Hall–Kier alpha value is -1.61. The lowest BCUT2D eigenvalue weighted by Crippen LogP contribution is -2.49. The molecule has 0 aliphatic carbocycles. The molecule has 0 aromatic carbocycles. The molecule has 0 aromatic heterocycles. The first-order valence-corrected chi connectivity index (χ1v) is 7.23. The van der Waals surface area contributed by atoms with Crippen LogP contribution in [0.2, 0.25) is 0 Å². The fourth-order valence-corrected chi connectivity index (χ4v) is 3.59. The average molecular weight is 293 g/mol. The maximum absolute atomic E-state index is 11.7. The molecule has 1 rings (SSSR count). The Labute approximate surface area is 110 Å². The molecule has 1 saturated heterocycles.